The molecule has 4 aromatic heterocycles. The van der Waals surface area contributed by atoms with Crippen molar-refractivity contribution in [3.05, 3.63) is 95.1 Å². The van der Waals surface area contributed by atoms with Gasteiger partial charge in [-0.3, -0.25) is 0 Å². The number of methoxy groups -OCH3 is 2. The molecule has 0 saturated carbocycles. The summed E-state index contributed by atoms with van der Waals surface area (Å²) < 4.78 is 14.5. The van der Waals surface area contributed by atoms with Crippen LogP contribution in [0.4, 0.5) is 0 Å². The van der Waals surface area contributed by atoms with Crippen LogP contribution >= 0.6 is 34.8 Å². The lowest BCUT2D eigenvalue weighted by molar-refractivity contribution is 0.415. The molecule has 0 radical (unpaired) electrons. The van der Waals surface area contributed by atoms with Crippen LogP contribution < -0.4 is 9.47 Å². The Kier molecular flexibility index (Phi) is 9.24. The van der Waals surface area contributed by atoms with E-state index in [2.05, 4.69) is 36.6 Å². The highest BCUT2D eigenvalue weighted by molar-refractivity contribution is 6.31. The SMILES string of the molecule is COc1ccc2c(-c3ccnc(Cl)n3)cn(C)c2c1.COc1ccc2ccn(C)c2c1.Clc1ccnc(Cl)n1. The quantitative estimate of drug-likeness (QED) is 0.161. The second kappa shape index (κ2) is 12.8. The number of aromatic nitrogens is 6. The molecule has 0 saturated heterocycles. The first-order chi connectivity index (χ1) is 18.8. The third-order valence-electron chi connectivity index (χ3n) is 5.79. The van der Waals surface area contributed by atoms with Crippen molar-refractivity contribution in [2.24, 2.45) is 14.1 Å². The fourth-order valence-corrected chi connectivity index (χ4v) is 4.34. The topological polar surface area (TPSA) is 79.9 Å². The lowest BCUT2D eigenvalue weighted by Crippen LogP contribution is -1.86. The van der Waals surface area contributed by atoms with E-state index in [1.807, 2.05) is 67.5 Å². The zero-order valence-corrected chi connectivity index (χ0v) is 23.9. The van der Waals surface area contributed by atoms with Crippen molar-refractivity contribution in [3.63, 3.8) is 0 Å². The van der Waals surface area contributed by atoms with Crippen LogP contribution in [0.2, 0.25) is 15.7 Å². The second-order valence-corrected chi connectivity index (χ2v) is 9.31. The highest BCUT2D eigenvalue weighted by atomic mass is 35.5. The van der Waals surface area contributed by atoms with Gasteiger partial charge in [0, 0.05) is 62.0 Å². The average molecular weight is 584 g/mol. The molecular weight excluding hydrogens is 559 g/mol. The largest absolute Gasteiger partial charge is 0.497 e. The Balaban J connectivity index is 0.000000150. The van der Waals surface area contributed by atoms with E-state index in [0.29, 0.717) is 5.15 Å². The van der Waals surface area contributed by atoms with Gasteiger partial charge in [0.1, 0.15) is 16.7 Å². The molecule has 0 N–H and O–H groups in total. The molecule has 0 amide bonds. The van der Waals surface area contributed by atoms with Gasteiger partial charge in [-0.05, 0) is 71.1 Å². The molecule has 2 aromatic carbocycles. The summed E-state index contributed by atoms with van der Waals surface area (Å²) in [4.78, 5) is 15.4. The van der Waals surface area contributed by atoms with Gasteiger partial charge in [0.25, 0.3) is 0 Å². The summed E-state index contributed by atoms with van der Waals surface area (Å²) in [6.07, 6.45) is 7.23. The van der Waals surface area contributed by atoms with Crippen molar-refractivity contribution < 1.29 is 9.47 Å². The first-order valence-corrected chi connectivity index (χ1v) is 12.8. The highest BCUT2D eigenvalue weighted by Crippen LogP contribution is 2.31. The summed E-state index contributed by atoms with van der Waals surface area (Å²) >= 11 is 16.6. The third-order valence-corrected chi connectivity index (χ3v) is 6.36. The zero-order valence-electron chi connectivity index (χ0n) is 21.6. The van der Waals surface area contributed by atoms with Crippen LogP contribution in [0, 0.1) is 0 Å². The first kappa shape index (κ1) is 28.2. The molecule has 0 aliphatic heterocycles. The van der Waals surface area contributed by atoms with E-state index >= 15 is 0 Å². The van der Waals surface area contributed by atoms with Crippen molar-refractivity contribution in [1.29, 1.82) is 0 Å². The Morgan fingerprint density at radius 2 is 1.33 bits per heavy atom. The molecule has 6 aromatic rings. The van der Waals surface area contributed by atoms with Gasteiger partial charge in [0.2, 0.25) is 10.6 Å². The fraction of sp³-hybridized carbons (Fsp3) is 0.143. The number of nitrogens with zero attached hydrogens (tertiary/aromatic N) is 6. The van der Waals surface area contributed by atoms with Crippen LogP contribution in [0.15, 0.2) is 79.4 Å². The lowest BCUT2D eigenvalue weighted by Gasteiger charge is -2.02. The maximum absolute atomic E-state index is 5.85. The number of hydrogen-bond donors (Lipinski definition) is 0. The number of rotatable bonds is 3. The van der Waals surface area contributed by atoms with E-state index < -0.39 is 0 Å². The van der Waals surface area contributed by atoms with E-state index in [9.17, 15) is 0 Å². The van der Waals surface area contributed by atoms with Crippen LogP contribution in [-0.4, -0.2) is 43.3 Å². The van der Waals surface area contributed by atoms with E-state index in [-0.39, 0.29) is 10.6 Å². The number of ether oxygens (including phenoxy) is 2. The molecule has 0 aliphatic carbocycles. The molecule has 0 fully saturated rings. The highest BCUT2D eigenvalue weighted by Gasteiger charge is 2.11. The zero-order chi connectivity index (χ0) is 27.9. The Bertz CT molecular complexity index is 1700. The number of halogens is 3. The Labute approximate surface area is 240 Å². The van der Waals surface area contributed by atoms with Crippen LogP contribution in [0.1, 0.15) is 0 Å². The maximum atomic E-state index is 5.85. The molecule has 200 valence electrons. The van der Waals surface area contributed by atoms with Crippen LogP contribution in [0.25, 0.3) is 33.1 Å². The molecule has 0 atom stereocenters. The number of aryl methyl sites for hydroxylation is 2. The Hall–Kier alpha value is -3.85. The molecule has 6 rings (SSSR count). The van der Waals surface area contributed by atoms with Crippen molar-refractivity contribution >= 4 is 56.6 Å². The van der Waals surface area contributed by atoms with Gasteiger partial charge in [-0.25, -0.2) is 19.9 Å². The van der Waals surface area contributed by atoms with Crippen LogP contribution in [0.3, 0.4) is 0 Å². The van der Waals surface area contributed by atoms with Gasteiger partial charge in [0.05, 0.1) is 30.9 Å². The summed E-state index contributed by atoms with van der Waals surface area (Å²) in [5.74, 6) is 1.74. The number of benzene rings is 2. The standard InChI is InChI=1S/C14H12ClN3O.C10H11NO.C4H2Cl2N2/c1-18-8-11(12-5-6-16-14(15)17-12)10-4-3-9(19-2)7-13(10)18;1-11-6-5-8-3-4-9(12-2)7-10(8)11;5-3-1-2-7-4(6)8-3/h3-8H,1-2H3;3-7H,1-2H3;1-2H. The van der Waals surface area contributed by atoms with E-state index in [0.717, 1.165) is 33.7 Å². The summed E-state index contributed by atoms with van der Waals surface area (Å²) in [5.41, 5.74) is 4.14. The molecule has 8 nitrogen and oxygen atoms in total. The monoisotopic (exact) mass is 582 g/mol. The molecule has 4 heterocycles. The van der Waals surface area contributed by atoms with E-state index in [1.165, 1.54) is 17.1 Å². The predicted molar refractivity (Wildman–Crippen MR) is 157 cm³/mol. The maximum Gasteiger partial charge on any atom is 0.223 e. The van der Waals surface area contributed by atoms with Gasteiger partial charge in [-0.15, -0.1) is 0 Å². The van der Waals surface area contributed by atoms with Gasteiger partial charge in [-0.2, -0.15) is 0 Å². The van der Waals surface area contributed by atoms with Gasteiger partial charge >= 0.3 is 0 Å². The minimum atomic E-state index is 0.178. The van der Waals surface area contributed by atoms with E-state index in [1.54, 1.807) is 26.5 Å². The average Bonchev–Trinajstić information content (AvgIpc) is 3.48. The fourth-order valence-electron chi connectivity index (χ4n) is 3.86. The van der Waals surface area contributed by atoms with Crippen molar-refractivity contribution in [3.8, 4) is 22.8 Å². The first-order valence-electron chi connectivity index (χ1n) is 11.6. The van der Waals surface area contributed by atoms with E-state index in [4.69, 9.17) is 44.3 Å². The molecule has 39 heavy (non-hydrogen) atoms. The van der Waals surface area contributed by atoms with Gasteiger partial charge in [0.15, 0.2) is 0 Å². The lowest BCUT2D eigenvalue weighted by atomic mass is 10.1. The van der Waals surface area contributed by atoms with Crippen molar-refractivity contribution in [2.75, 3.05) is 14.2 Å². The molecule has 0 unspecified atom stereocenters. The second-order valence-electron chi connectivity index (χ2n) is 8.25. The minimum absolute atomic E-state index is 0.178. The van der Waals surface area contributed by atoms with Gasteiger partial charge in [-0.1, -0.05) is 11.6 Å². The van der Waals surface area contributed by atoms with Crippen LogP contribution in [0.5, 0.6) is 11.5 Å². The summed E-state index contributed by atoms with van der Waals surface area (Å²) in [7, 11) is 7.37. The Morgan fingerprint density at radius 3 is 1.95 bits per heavy atom. The molecule has 0 spiro atoms. The minimum Gasteiger partial charge on any atom is -0.497 e. The summed E-state index contributed by atoms with van der Waals surface area (Å²) in [6.45, 7) is 0. The number of hydrogen-bond acceptors (Lipinski definition) is 6. The summed E-state index contributed by atoms with van der Waals surface area (Å²) in [5, 5.41) is 3.15. The van der Waals surface area contributed by atoms with Crippen molar-refractivity contribution in [1.82, 2.24) is 29.1 Å². The molecule has 11 heteroatoms. The molecule has 0 aliphatic rings. The Morgan fingerprint density at radius 1 is 0.692 bits per heavy atom. The van der Waals surface area contributed by atoms with Gasteiger partial charge < -0.3 is 18.6 Å². The smallest absolute Gasteiger partial charge is 0.223 e. The number of fused-ring (bicyclic) bond motifs is 2. The third kappa shape index (κ3) is 6.97. The van der Waals surface area contributed by atoms with Crippen LogP contribution in [-0.2, 0) is 14.1 Å². The normalized spacial score (nSPS) is 10.4. The molecular formula is C28H25Cl3N6O2. The molecule has 0 bridgehead atoms. The van der Waals surface area contributed by atoms with Crippen molar-refractivity contribution in [2.45, 2.75) is 0 Å². The predicted octanol–water partition coefficient (Wildman–Crippen LogP) is 7.27. The summed E-state index contributed by atoms with van der Waals surface area (Å²) in [6, 6.07) is 17.6.